The van der Waals surface area contributed by atoms with Gasteiger partial charge in [0.25, 0.3) is 17.4 Å². The van der Waals surface area contributed by atoms with Gasteiger partial charge in [-0.05, 0) is 42.5 Å². The number of pyridine rings is 1. The van der Waals surface area contributed by atoms with Crippen molar-refractivity contribution in [1.82, 2.24) is 20.1 Å². The smallest absolute Gasteiger partial charge is 0.261 e. The SMILES string of the molecule is CCC(=O)N1C[C@H](NC(=O)c2ccc(-n3ccccc3=O)cc2)[C@H](NC(=O)c2ccc(Cl)s2)C1. The first-order valence-corrected chi connectivity index (χ1v) is 12.0. The third-order valence-corrected chi connectivity index (χ3v) is 6.87. The molecule has 0 saturated carbocycles. The standard InChI is InChI=1S/C24H23ClN4O4S/c1-2-21(30)28-13-17(18(14-28)27-24(33)19-10-11-20(25)34-19)26-23(32)15-6-8-16(9-7-15)29-12-4-3-5-22(29)31/h3-12,17-18H,2,13-14H2,1H3,(H,26,32)(H,27,33)/t17-,18+/m0/s1. The van der Waals surface area contributed by atoms with Crippen LogP contribution < -0.4 is 16.2 Å². The highest BCUT2D eigenvalue weighted by atomic mass is 35.5. The van der Waals surface area contributed by atoms with E-state index < -0.39 is 12.1 Å². The van der Waals surface area contributed by atoms with E-state index in [0.29, 0.717) is 40.0 Å². The normalized spacial score (nSPS) is 17.4. The zero-order valence-electron chi connectivity index (χ0n) is 18.4. The molecule has 4 rings (SSSR count). The molecule has 3 amide bonds. The van der Waals surface area contributed by atoms with Gasteiger partial charge in [-0.25, -0.2) is 0 Å². The van der Waals surface area contributed by atoms with Crippen LogP contribution in [0.3, 0.4) is 0 Å². The first-order chi connectivity index (χ1) is 16.4. The molecule has 2 N–H and O–H groups in total. The van der Waals surface area contributed by atoms with E-state index in [0.717, 1.165) is 11.3 Å². The Kier molecular flexibility index (Phi) is 7.14. The molecule has 1 saturated heterocycles. The van der Waals surface area contributed by atoms with E-state index in [9.17, 15) is 19.2 Å². The van der Waals surface area contributed by atoms with Gasteiger partial charge in [-0.15, -0.1) is 11.3 Å². The predicted molar refractivity (Wildman–Crippen MR) is 131 cm³/mol. The molecule has 2 atom stereocenters. The van der Waals surface area contributed by atoms with Crippen molar-refractivity contribution in [3.8, 4) is 5.69 Å². The Labute approximate surface area is 205 Å². The lowest BCUT2D eigenvalue weighted by molar-refractivity contribution is -0.129. The minimum atomic E-state index is -0.459. The van der Waals surface area contributed by atoms with Crippen molar-refractivity contribution in [3.63, 3.8) is 0 Å². The van der Waals surface area contributed by atoms with Crippen molar-refractivity contribution in [1.29, 1.82) is 0 Å². The molecule has 0 spiro atoms. The lowest BCUT2D eigenvalue weighted by Crippen LogP contribution is -2.50. The molecule has 0 bridgehead atoms. The van der Waals surface area contributed by atoms with Crippen molar-refractivity contribution in [2.75, 3.05) is 13.1 Å². The van der Waals surface area contributed by atoms with Gasteiger partial charge >= 0.3 is 0 Å². The van der Waals surface area contributed by atoms with Crippen LogP contribution in [-0.4, -0.2) is 52.4 Å². The summed E-state index contributed by atoms with van der Waals surface area (Å²) < 4.78 is 1.99. The zero-order valence-corrected chi connectivity index (χ0v) is 19.9. The molecule has 1 aromatic carbocycles. The first-order valence-electron chi connectivity index (χ1n) is 10.8. The van der Waals surface area contributed by atoms with E-state index in [2.05, 4.69) is 10.6 Å². The van der Waals surface area contributed by atoms with Crippen LogP contribution in [0.25, 0.3) is 5.69 Å². The number of hydrogen-bond donors (Lipinski definition) is 2. The minimum Gasteiger partial charge on any atom is -0.345 e. The number of hydrogen-bond acceptors (Lipinski definition) is 5. The third-order valence-electron chi connectivity index (χ3n) is 5.64. The minimum absolute atomic E-state index is 0.0483. The van der Waals surface area contributed by atoms with Crippen molar-refractivity contribution in [3.05, 3.63) is 85.9 Å². The van der Waals surface area contributed by atoms with E-state index in [4.69, 9.17) is 11.6 Å². The summed E-state index contributed by atoms with van der Waals surface area (Å²) >= 11 is 7.10. The van der Waals surface area contributed by atoms with Crippen molar-refractivity contribution >= 4 is 40.7 Å². The fourth-order valence-electron chi connectivity index (χ4n) is 3.87. The Hall–Kier alpha value is -3.43. The van der Waals surface area contributed by atoms with Gasteiger partial charge in [-0.2, -0.15) is 0 Å². The lowest BCUT2D eigenvalue weighted by Gasteiger charge is -2.20. The molecule has 10 heteroatoms. The maximum atomic E-state index is 13.0. The molecule has 3 heterocycles. The fraction of sp³-hybridized carbons (Fsp3) is 0.250. The quantitative estimate of drug-likeness (QED) is 0.545. The van der Waals surface area contributed by atoms with E-state index >= 15 is 0 Å². The van der Waals surface area contributed by atoms with Crippen LogP contribution in [0.15, 0.2) is 65.6 Å². The molecule has 0 radical (unpaired) electrons. The van der Waals surface area contributed by atoms with Gasteiger partial charge in [-0.3, -0.25) is 23.7 Å². The summed E-state index contributed by atoms with van der Waals surface area (Å²) in [5.74, 6) is -0.682. The van der Waals surface area contributed by atoms with Crippen LogP contribution in [0.5, 0.6) is 0 Å². The summed E-state index contributed by atoms with van der Waals surface area (Å²) in [6, 6.07) is 13.9. The van der Waals surface area contributed by atoms with Gasteiger partial charge in [0.05, 0.1) is 21.3 Å². The average molecular weight is 499 g/mol. The lowest BCUT2D eigenvalue weighted by atomic mass is 10.1. The first kappa shape index (κ1) is 23.7. The second kappa shape index (κ2) is 10.2. The van der Waals surface area contributed by atoms with Gasteiger partial charge in [0.15, 0.2) is 0 Å². The number of nitrogens with one attached hydrogen (secondary N) is 2. The van der Waals surface area contributed by atoms with E-state index in [1.165, 1.54) is 10.6 Å². The fourth-order valence-corrected chi connectivity index (χ4v) is 4.81. The van der Waals surface area contributed by atoms with Crippen molar-refractivity contribution < 1.29 is 14.4 Å². The van der Waals surface area contributed by atoms with E-state index in [1.54, 1.807) is 66.6 Å². The molecule has 3 aromatic rings. The second-order valence-corrected chi connectivity index (χ2v) is 9.59. The Balaban J connectivity index is 1.48. The molecule has 176 valence electrons. The predicted octanol–water partition coefficient (Wildman–Crippen LogP) is 2.70. The van der Waals surface area contributed by atoms with Crippen LogP contribution in [0.1, 0.15) is 33.4 Å². The topological polar surface area (TPSA) is 101 Å². The van der Waals surface area contributed by atoms with Crippen LogP contribution in [0.2, 0.25) is 4.34 Å². The number of rotatable bonds is 6. The Morgan fingerprint density at radius 3 is 2.24 bits per heavy atom. The molecule has 1 aliphatic heterocycles. The van der Waals surface area contributed by atoms with Crippen LogP contribution in [-0.2, 0) is 4.79 Å². The molecular formula is C24H23ClN4O4S. The largest absolute Gasteiger partial charge is 0.345 e. The number of benzene rings is 1. The Bertz CT molecular complexity index is 1270. The van der Waals surface area contributed by atoms with Crippen molar-refractivity contribution in [2.24, 2.45) is 0 Å². The molecule has 0 unspecified atom stereocenters. The maximum absolute atomic E-state index is 13.0. The summed E-state index contributed by atoms with van der Waals surface area (Å²) in [5, 5.41) is 5.88. The van der Waals surface area contributed by atoms with Gasteiger partial charge in [0.1, 0.15) is 0 Å². The maximum Gasteiger partial charge on any atom is 0.261 e. The molecule has 1 fully saturated rings. The second-order valence-electron chi connectivity index (χ2n) is 7.87. The number of aromatic nitrogens is 1. The summed E-state index contributed by atoms with van der Waals surface area (Å²) in [4.78, 5) is 52.0. The van der Waals surface area contributed by atoms with Crippen LogP contribution in [0, 0.1) is 0 Å². The highest BCUT2D eigenvalue weighted by molar-refractivity contribution is 7.18. The number of carbonyl (C=O) groups excluding carboxylic acids is 3. The van der Waals surface area contributed by atoms with Gasteiger partial charge < -0.3 is 15.5 Å². The third kappa shape index (κ3) is 5.21. The highest BCUT2D eigenvalue weighted by Gasteiger charge is 2.37. The van der Waals surface area contributed by atoms with E-state index in [-0.39, 0.29) is 23.3 Å². The Morgan fingerprint density at radius 1 is 0.971 bits per heavy atom. The highest BCUT2D eigenvalue weighted by Crippen LogP contribution is 2.22. The van der Waals surface area contributed by atoms with Crippen LogP contribution >= 0.6 is 22.9 Å². The van der Waals surface area contributed by atoms with Gasteiger partial charge in [-0.1, -0.05) is 24.6 Å². The number of amides is 3. The average Bonchev–Trinajstić information content (AvgIpc) is 3.45. The summed E-state index contributed by atoms with van der Waals surface area (Å²) in [7, 11) is 0. The molecule has 8 nitrogen and oxygen atoms in total. The summed E-state index contributed by atoms with van der Waals surface area (Å²) in [6.07, 6.45) is 1.99. The zero-order chi connectivity index (χ0) is 24.2. The summed E-state index contributed by atoms with van der Waals surface area (Å²) in [5.41, 5.74) is 0.877. The molecule has 2 aromatic heterocycles. The summed E-state index contributed by atoms with van der Waals surface area (Å²) in [6.45, 7) is 2.37. The number of carbonyl (C=O) groups is 3. The number of nitrogens with zero attached hydrogens (tertiary/aromatic N) is 2. The number of halogens is 1. The van der Waals surface area contributed by atoms with E-state index in [1.807, 2.05) is 0 Å². The Morgan fingerprint density at radius 2 is 1.65 bits per heavy atom. The molecule has 0 aliphatic carbocycles. The number of likely N-dealkylation sites (tertiary alicyclic amines) is 1. The van der Waals surface area contributed by atoms with Gasteiger partial charge in [0.2, 0.25) is 5.91 Å². The van der Waals surface area contributed by atoms with Crippen molar-refractivity contribution in [2.45, 2.75) is 25.4 Å². The number of thiophene rings is 1. The van der Waals surface area contributed by atoms with Crippen LogP contribution in [0.4, 0.5) is 0 Å². The van der Waals surface area contributed by atoms with Gasteiger partial charge in [0, 0.05) is 43.0 Å². The molecule has 34 heavy (non-hydrogen) atoms. The molecular weight excluding hydrogens is 476 g/mol. The monoisotopic (exact) mass is 498 g/mol. The molecule has 1 aliphatic rings.